The van der Waals surface area contributed by atoms with Gasteiger partial charge in [0.2, 0.25) is 0 Å². The van der Waals surface area contributed by atoms with Gasteiger partial charge in [-0.25, -0.2) is 4.79 Å². The van der Waals surface area contributed by atoms with Gasteiger partial charge < -0.3 is 9.73 Å². The van der Waals surface area contributed by atoms with Crippen LogP contribution in [0.5, 0.6) is 0 Å². The van der Waals surface area contributed by atoms with E-state index in [-0.39, 0.29) is 28.4 Å². The first-order chi connectivity index (χ1) is 11.8. The van der Waals surface area contributed by atoms with Crippen molar-refractivity contribution in [1.82, 2.24) is 0 Å². The molecule has 1 aromatic heterocycles. The first-order valence-electron chi connectivity index (χ1n) is 7.44. The fourth-order valence-electron chi connectivity index (χ4n) is 2.59. The van der Waals surface area contributed by atoms with Crippen molar-refractivity contribution in [2.24, 2.45) is 0 Å². The summed E-state index contributed by atoms with van der Waals surface area (Å²) in [5, 5.41) is 2.21. The number of benzene rings is 1. The van der Waals surface area contributed by atoms with E-state index in [2.05, 4.69) is 5.32 Å². The molecule has 1 aromatic carbocycles. The second kappa shape index (κ2) is 6.19. The molecule has 0 radical (unpaired) electrons. The Kier molecular flexibility index (Phi) is 4.20. The van der Waals surface area contributed by atoms with Gasteiger partial charge in [-0.1, -0.05) is 6.07 Å². The number of fused-ring (bicyclic) bond motifs is 1. The minimum absolute atomic E-state index is 0.209. The zero-order valence-corrected chi connectivity index (χ0v) is 12.8. The molecule has 0 fully saturated rings. The van der Waals surface area contributed by atoms with Gasteiger partial charge in [0.25, 0.3) is 5.91 Å². The van der Waals surface area contributed by atoms with Crippen LogP contribution in [0.1, 0.15) is 44.9 Å². The van der Waals surface area contributed by atoms with Gasteiger partial charge in [0.05, 0.1) is 11.1 Å². The zero-order valence-electron chi connectivity index (χ0n) is 12.8. The highest BCUT2D eigenvalue weighted by Gasteiger charge is 2.31. The molecule has 2 aromatic rings. The summed E-state index contributed by atoms with van der Waals surface area (Å²) in [4.78, 5) is 35.9. The van der Waals surface area contributed by atoms with E-state index >= 15 is 0 Å². The Bertz CT molecular complexity index is 915. The fraction of sp³-hybridized carbons (Fsp3) is 0.235. The van der Waals surface area contributed by atoms with E-state index in [1.807, 2.05) is 0 Å². The van der Waals surface area contributed by atoms with E-state index in [0.717, 1.165) is 12.1 Å². The van der Waals surface area contributed by atoms with E-state index in [4.69, 9.17) is 4.42 Å². The van der Waals surface area contributed by atoms with Crippen LogP contribution < -0.4 is 10.9 Å². The Hall–Kier alpha value is -2.90. The van der Waals surface area contributed by atoms with Gasteiger partial charge in [0.1, 0.15) is 11.4 Å². The molecule has 0 saturated heterocycles. The van der Waals surface area contributed by atoms with Gasteiger partial charge in [0.15, 0.2) is 5.78 Å². The second-order valence-electron chi connectivity index (χ2n) is 5.59. The quantitative estimate of drug-likeness (QED) is 0.899. The van der Waals surface area contributed by atoms with Crippen molar-refractivity contribution in [3.05, 3.63) is 63.2 Å². The maximum atomic E-state index is 12.7. The first kappa shape index (κ1) is 16.9. The summed E-state index contributed by atoms with van der Waals surface area (Å²) in [6.45, 7) is 0. The lowest BCUT2D eigenvalue weighted by Gasteiger charge is -2.14. The number of ketones is 1. The molecule has 5 nitrogen and oxygen atoms in total. The van der Waals surface area contributed by atoms with Crippen LogP contribution in [0, 0.1) is 0 Å². The fourth-order valence-corrected chi connectivity index (χ4v) is 2.59. The number of carbonyl (C=O) groups is 2. The lowest BCUT2D eigenvalue weighted by atomic mass is 9.96. The third kappa shape index (κ3) is 3.47. The van der Waals surface area contributed by atoms with E-state index in [1.54, 1.807) is 0 Å². The van der Waals surface area contributed by atoms with Crippen molar-refractivity contribution in [2.45, 2.75) is 25.4 Å². The number of hydrogen-bond donors (Lipinski definition) is 1. The van der Waals surface area contributed by atoms with Crippen LogP contribution in [0.4, 0.5) is 18.9 Å². The Morgan fingerprint density at radius 1 is 1.12 bits per heavy atom. The predicted molar refractivity (Wildman–Crippen MR) is 81.6 cm³/mol. The summed E-state index contributed by atoms with van der Waals surface area (Å²) in [5.41, 5.74) is -2.17. The number of rotatable bonds is 2. The minimum atomic E-state index is -4.59. The van der Waals surface area contributed by atoms with Crippen LogP contribution in [0.2, 0.25) is 0 Å². The van der Waals surface area contributed by atoms with Gasteiger partial charge in [-0.05, 0) is 30.7 Å². The summed E-state index contributed by atoms with van der Waals surface area (Å²) in [6.07, 6.45) is -3.27. The molecule has 1 heterocycles. The molecule has 0 unspecified atom stereocenters. The Morgan fingerprint density at radius 3 is 2.60 bits per heavy atom. The molecule has 25 heavy (non-hydrogen) atoms. The summed E-state index contributed by atoms with van der Waals surface area (Å²) < 4.78 is 43.2. The lowest BCUT2D eigenvalue weighted by molar-refractivity contribution is -0.137. The smallest absolute Gasteiger partial charge is 0.416 e. The topological polar surface area (TPSA) is 76.4 Å². The van der Waals surface area contributed by atoms with Crippen LogP contribution in [-0.2, 0) is 12.6 Å². The monoisotopic (exact) mass is 351 g/mol. The third-order valence-corrected chi connectivity index (χ3v) is 3.83. The van der Waals surface area contributed by atoms with Gasteiger partial charge >= 0.3 is 11.8 Å². The van der Waals surface area contributed by atoms with E-state index in [1.165, 1.54) is 12.1 Å². The van der Waals surface area contributed by atoms with Crippen LogP contribution in [0.25, 0.3) is 0 Å². The van der Waals surface area contributed by atoms with Gasteiger partial charge in [-0.15, -0.1) is 0 Å². The summed E-state index contributed by atoms with van der Waals surface area (Å²) in [6, 6.07) is 5.02. The first-order valence-corrected chi connectivity index (χ1v) is 7.44. The molecule has 0 atom stereocenters. The number of aryl methyl sites for hydroxylation is 1. The number of amides is 1. The zero-order chi connectivity index (χ0) is 18.2. The van der Waals surface area contributed by atoms with Crippen molar-refractivity contribution in [1.29, 1.82) is 0 Å². The molecule has 0 saturated carbocycles. The van der Waals surface area contributed by atoms with Crippen LogP contribution >= 0.6 is 0 Å². The number of nitrogens with one attached hydrogen (secondary N) is 1. The SMILES string of the molecule is O=C(Nc1cc2c(oc1=O)CCCC2=O)c1cccc(C(F)(F)F)c1. The van der Waals surface area contributed by atoms with Crippen molar-refractivity contribution in [3.63, 3.8) is 0 Å². The average Bonchev–Trinajstić information content (AvgIpc) is 2.55. The van der Waals surface area contributed by atoms with Crippen LogP contribution in [0.3, 0.4) is 0 Å². The number of Topliss-reactive ketones (excluding diaryl/α,β-unsaturated/α-hetero) is 1. The van der Waals surface area contributed by atoms with Crippen molar-refractivity contribution >= 4 is 17.4 Å². The molecular weight excluding hydrogens is 339 g/mol. The standard InChI is InChI=1S/C17H12F3NO4/c18-17(19,20)10-4-1-3-9(7-10)15(23)21-12-8-11-13(22)5-2-6-14(11)25-16(12)24/h1,3-4,7-8H,2,5-6H2,(H,21,23). The molecule has 0 bridgehead atoms. The van der Waals surface area contributed by atoms with Gasteiger partial charge in [0, 0.05) is 18.4 Å². The summed E-state index contributed by atoms with van der Waals surface area (Å²) in [5.74, 6) is -0.848. The average molecular weight is 351 g/mol. The normalized spacial score (nSPS) is 14.1. The molecule has 0 aliphatic heterocycles. The third-order valence-electron chi connectivity index (χ3n) is 3.83. The molecular formula is C17H12F3NO4. The minimum Gasteiger partial charge on any atom is -0.426 e. The second-order valence-corrected chi connectivity index (χ2v) is 5.59. The van der Waals surface area contributed by atoms with Crippen molar-refractivity contribution < 1.29 is 27.2 Å². The number of alkyl halides is 3. The summed E-state index contributed by atoms with van der Waals surface area (Å²) in [7, 11) is 0. The van der Waals surface area contributed by atoms with E-state index in [9.17, 15) is 27.6 Å². The van der Waals surface area contributed by atoms with Gasteiger partial charge in [-0.2, -0.15) is 13.2 Å². The van der Waals surface area contributed by atoms with E-state index < -0.39 is 23.3 Å². The number of anilines is 1. The molecule has 8 heteroatoms. The van der Waals surface area contributed by atoms with Crippen molar-refractivity contribution in [3.8, 4) is 0 Å². The largest absolute Gasteiger partial charge is 0.426 e. The highest BCUT2D eigenvalue weighted by Crippen LogP contribution is 2.29. The number of halogens is 3. The summed E-state index contributed by atoms with van der Waals surface area (Å²) >= 11 is 0. The van der Waals surface area contributed by atoms with Crippen LogP contribution in [0.15, 0.2) is 39.5 Å². The maximum absolute atomic E-state index is 12.7. The molecule has 3 rings (SSSR count). The Balaban J connectivity index is 1.90. The van der Waals surface area contributed by atoms with Crippen LogP contribution in [-0.4, -0.2) is 11.7 Å². The molecule has 130 valence electrons. The van der Waals surface area contributed by atoms with E-state index in [0.29, 0.717) is 25.3 Å². The number of hydrogen-bond acceptors (Lipinski definition) is 4. The molecule has 1 aliphatic rings. The maximum Gasteiger partial charge on any atom is 0.416 e. The molecule has 1 aliphatic carbocycles. The number of carbonyl (C=O) groups excluding carboxylic acids is 2. The highest BCUT2D eigenvalue weighted by molar-refractivity contribution is 6.05. The van der Waals surface area contributed by atoms with Gasteiger partial charge in [-0.3, -0.25) is 9.59 Å². The lowest BCUT2D eigenvalue weighted by Crippen LogP contribution is -2.22. The highest BCUT2D eigenvalue weighted by atomic mass is 19.4. The predicted octanol–water partition coefficient (Wildman–Crippen LogP) is 3.43. The molecule has 0 spiro atoms. The molecule has 1 N–H and O–H groups in total. The molecule has 1 amide bonds. The Morgan fingerprint density at radius 2 is 1.88 bits per heavy atom. The van der Waals surface area contributed by atoms with Crippen molar-refractivity contribution in [2.75, 3.05) is 5.32 Å². The Labute approximate surface area is 139 Å².